The second-order valence-electron chi connectivity index (χ2n) is 8.18. The predicted octanol–water partition coefficient (Wildman–Crippen LogP) is 6.36. The molecule has 4 nitrogen and oxygen atoms in total. The lowest BCUT2D eigenvalue weighted by Crippen LogP contribution is -2.26. The molecule has 1 aliphatic carbocycles. The number of aliphatic carboxylic acids is 1. The highest BCUT2D eigenvalue weighted by molar-refractivity contribution is 7.12. The molecule has 174 valence electrons. The molecule has 2 atom stereocenters. The van der Waals surface area contributed by atoms with Crippen LogP contribution in [0, 0.1) is 5.92 Å². The van der Waals surface area contributed by atoms with Gasteiger partial charge in [-0.15, -0.1) is 11.3 Å². The summed E-state index contributed by atoms with van der Waals surface area (Å²) < 4.78 is 46.3. The van der Waals surface area contributed by atoms with Crippen molar-refractivity contribution in [1.82, 2.24) is 5.32 Å². The molecule has 33 heavy (non-hydrogen) atoms. The second-order valence-corrected chi connectivity index (χ2v) is 9.31. The summed E-state index contributed by atoms with van der Waals surface area (Å²) in [6.07, 6.45) is -2.23. The standard InChI is InChI=1S/C25H24F3NO3S/c26-25(27,28)23-22(17-4-2-1-3-5-17)13-21(33-23)15-32-20-10-6-16(7-11-20)14-29-19-9-8-18(12-19)24(30)31/h1-7,10-11,13,18-19,29H,8-9,12,14-15H2,(H,30,31)/t18-,19+/m0/s1. The molecule has 0 unspecified atom stereocenters. The van der Waals surface area contributed by atoms with Crippen LogP contribution in [0.15, 0.2) is 60.7 Å². The first-order valence-corrected chi connectivity index (χ1v) is 11.5. The van der Waals surface area contributed by atoms with Crippen molar-refractivity contribution in [3.8, 4) is 16.9 Å². The zero-order valence-corrected chi connectivity index (χ0v) is 18.6. The summed E-state index contributed by atoms with van der Waals surface area (Å²) >= 11 is 0.706. The summed E-state index contributed by atoms with van der Waals surface area (Å²) in [6.45, 7) is 0.675. The number of ether oxygens (including phenoxy) is 1. The van der Waals surface area contributed by atoms with Crippen LogP contribution in [0.4, 0.5) is 13.2 Å². The Bertz CT molecular complexity index is 1080. The van der Waals surface area contributed by atoms with Crippen molar-refractivity contribution in [3.05, 3.63) is 76.0 Å². The van der Waals surface area contributed by atoms with Crippen molar-refractivity contribution in [3.63, 3.8) is 0 Å². The zero-order valence-electron chi connectivity index (χ0n) is 17.8. The van der Waals surface area contributed by atoms with Crippen LogP contribution < -0.4 is 10.1 Å². The number of carboxylic acids is 1. The number of benzene rings is 2. The summed E-state index contributed by atoms with van der Waals surface area (Å²) in [5, 5.41) is 12.5. The van der Waals surface area contributed by atoms with Gasteiger partial charge in [0.1, 0.15) is 17.2 Å². The third kappa shape index (κ3) is 5.94. The monoisotopic (exact) mass is 475 g/mol. The number of hydrogen-bond donors (Lipinski definition) is 2. The predicted molar refractivity (Wildman–Crippen MR) is 121 cm³/mol. The Balaban J connectivity index is 1.35. The summed E-state index contributed by atoms with van der Waals surface area (Å²) in [7, 11) is 0. The van der Waals surface area contributed by atoms with E-state index in [1.807, 2.05) is 12.1 Å². The van der Waals surface area contributed by atoms with Crippen LogP contribution in [0.2, 0.25) is 0 Å². The molecule has 1 aromatic heterocycles. The lowest BCUT2D eigenvalue weighted by molar-refractivity contribution is -0.141. The Morgan fingerprint density at radius 2 is 1.82 bits per heavy atom. The molecule has 0 radical (unpaired) electrons. The fourth-order valence-corrected chi connectivity index (χ4v) is 5.03. The highest BCUT2D eigenvalue weighted by Gasteiger charge is 2.36. The lowest BCUT2D eigenvalue weighted by Gasteiger charge is -2.13. The van der Waals surface area contributed by atoms with Crippen LogP contribution in [0.3, 0.4) is 0 Å². The minimum atomic E-state index is -4.42. The number of carboxylic acid groups (broad SMARTS) is 1. The lowest BCUT2D eigenvalue weighted by atomic mass is 10.1. The van der Waals surface area contributed by atoms with Gasteiger partial charge in [0, 0.05) is 23.0 Å². The van der Waals surface area contributed by atoms with Crippen molar-refractivity contribution in [2.24, 2.45) is 5.92 Å². The quantitative estimate of drug-likeness (QED) is 0.398. The maximum atomic E-state index is 13.5. The number of carbonyl (C=O) groups is 1. The SMILES string of the molecule is O=C(O)[C@H]1CC[C@@H](NCc2ccc(OCc3cc(-c4ccccc4)c(C(F)(F)F)s3)cc2)C1. The van der Waals surface area contributed by atoms with Crippen molar-refractivity contribution in [1.29, 1.82) is 0 Å². The average Bonchev–Trinajstić information content (AvgIpc) is 3.45. The second kappa shape index (κ2) is 9.97. The normalized spacial score (nSPS) is 18.4. The molecular weight excluding hydrogens is 451 g/mol. The third-order valence-electron chi connectivity index (χ3n) is 5.81. The molecule has 1 fully saturated rings. The summed E-state index contributed by atoms with van der Waals surface area (Å²) in [6, 6.07) is 17.7. The topological polar surface area (TPSA) is 58.6 Å². The first-order valence-electron chi connectivity index (χ1n) is 10.7. The molecule has 8 heteroatoms. The molecule has 0 saturated heterocycles. The number of hydrogen-bond acceptors (Lipinski definition) is 4. The van der Waals surface area contributed by atoms with Gasteiger partial charge in [-0.3, -0.25) is 4.79 Å². The van der Waals surface area contributed by atoms with E-state index in [0.717, 1.165) is 12.0 Å². The van der Waals surface area contributed by atoms with E-state index < -0.39 is 17.0 Å². The first-order chi connectivity index (χ1) is 15.8. The summed E-state index contributed by atoms with van der Waals surface area (Å²) in [5.41, 5.74) is 1.73. The van der Waals surface area contributed by atoms with Crippen LogP contribution in [0.25, 0.3) is 11.1 Å². The molecule has 0 aliphatic heterocycles. The average molecular weight is 476 g/mol. The van der Waals surface area contributed by atoms with E-state index in [1.165, 1.54) is 0 Å². The van der Waals surface area contributed by atoms with E-state index in [0.29, 0.717) is 46.9 Å². The fourth-order valence-electron chi connectivity index (χ4n) is 4.07. The van der Waals surface area contributed by atoms with Crippen molar-refractivity contribution in [2.45, 2.75) is 44.6 Å². The Morgan fingerprint density at radius 3 is 2.45 bits per heavy atom. The van der Waals surface area contributed by atoms with E-state index in [4.69, 9.17) is 9.84 Å². The highest BCUT2D eigenvalue weighted by Crippen LogP contribution is 2.43. The van der Waals surface area contributed by atoms with Gasteiger partial charge in [0.2, 0.25) is 0 Å². The molecule has 4 rings (SSSR count). The smallest absolute Gasteiger partial charge is 0.426 e. The van der Waals surface area contributed by atoms with Crippen LogP contribution >= 0.6 is 11.3 Å². The summed E-state index contributed by atoms with van der Waals surface area (Å²) in [4.78, 5) is 10.9. The molecule has 2 aromatic carbocycles. The van der Waals surface area contributed by atoms with Gasteiger partial charge in [-0.05, 0) is 48.6 Å². The molecule has 1 heterocycles. The largest absolute Gasteiger partial charge is 0.488 e. The number of halogens is 3. The number of thiophene rings is 1. The van der Waals surface area contributed by atoms with Gasteiger partial charge in [-0.2, -0.15) is 13.2 Å². The maximum Gasteiger partial charge on any atom is 0.426 e. The van der Waals surface area contributed by atoms with Crippen molar-refractivity contribution in [2.75, 3.05) is 0 Å². The Hall–Kier alpha value is -2.84. The van der Waals surface area contributed by atoms with Gasteiger partial charge >= 0.3 is 12.1 Å². The number of rotatable bonds is 8. The van der Waals surface area contributed by atoms with Gasteiger partial charge in [-0.25, -0.2) is 0 Å². The Labute approximate surface area is 194 Å². The van der Waals surface area contributed by atoms with Gasteiger partial charge in [0.25, 0.3) is 0 Å². The van der Waals surface area contributed by atoms with Crippen LogP contribution in [-0.4, -0.2) is 17.1 Å². The highest BCUT2D eigenvalue weighted by atomic mass is 32.1. The number of nitrogens with one attached hydrogen (secondary N) is 1. The molecule has 0 spiro atoms. The molecule has 2 N–H and O–H groups in total. The van der Waals surface area contributed by atoms with E-state index in [9.17, 15) is 18.0 Å². The van der Waals surface area contributed by atoms with Crippen LogP contribution in [-0.2, 0) is 24.1 Å². The molecule has 1 aliphatic rings. The summed E-state index contributed by atoms with van der Waals surface area (Å²) in [5.74, 6) is -0.422. The van der Waals surface area contributed by atoms with Crippen LogP contribution in [0.5, 0.6) is 5.75 Å². The van der Waals surface area contributed by atoms with Crippen molar-refractivity contribution < 1.29 is 27.8 Å². The molecule has 3 aromatic rings. The maximum absolute atomic E-state index is 13.5. The van der Waals surface area contributed by atoms with E-state index in [-0.39, 0.29) is 24.1 Å². The van der Waals surface area contributed by atoms with Gasteiger partial charge < -0.3 is 15.2 Å². The molecular formula is C25H24F3NO3S. The third-order valence-corrected chi connectivity index (χ3v) is 6.96. The van der Waals surface area contributed by atoms with Gasteiger partial charge in [0.05, 0.1) is 5.92 Å². The van der Waals surface area contributed by atoms with E-state index in [1.54, 1.807) is 48.5 Å². The van der Waals surface area contributed by atoms with Crippen LogP contribution in [0.1, 0.15) is 34.6 Å². The van der Waals surface area contributed by atoms with Gasteiger partial charge in [-0.1, -0.05) is 42.5 Å². The van der Waals surface area contributed by atoms with E-state index >= 15 is 0 Å². The van der Waals surface area contributed by atoms with Gasteiger partial charge in [0.15, 0.2) is 0 Å². The first kappa shape index (κ1) is 23.3. The number of alkyl halides is 3. The fraction of sp³-hybridized carbons (Fsp3) is 0.320. The minimum Gasteiger partial charge on any atom is -0.488 e. The zero-order chi connectivity index (χ0) is 23.4. The molecule has 0 bridgehead atoms. The molecule has 1 saturated carbocycles. The Morgan fingerprint density at radius 1 is 1.09 bits per heavy atom. The molecule has 0 amide bonds. The van der Waals surface area contributed by atoms with E-state index in [2.05, 4.69) is 5.32 Å². The van der Waals surface area contributed by atoms with Crippen molar-refractivity contribution >= 4 is 17.3 Å². The minimum absolute atomic E-state index is 0.0524. The Kier molecular flexibility index (Phi) is 7.05.